The van der Waals surface area contributed by atoms with Gasteiger partial charge in [0, 0.05) is 11.5 Å². The summed E-state index contributed by atoms with van der Waals surface area (Å²) >= 11 is 6.18. The Labute approximate surface area is 117 Å². The standard InChI is InChI=1S/C16H15ClO2/c1-10(2)16(19)14-8-5-12(9-15(14)17)11-3-6-13(18)7-4-11/h3-10,18H,1-2H3. The Kier molecular flexibility index (Phi) is 3.91. The van der Waals surface area contributed by atoms with Gasteiger partial charge >= 0.3 is 0 Å². The number of carbonyl (C=O) groups excluding carboxylic acids is 1. The molecular formula is C16H15ClO2. The lowest BCUT2D eigenvalue weighted by molar-refractivity contribution is 0.0939. The fourth-order valence-electron chi connectivity index (χ4n) is 1.86. The van der Waals surface area contributed by atoms with E-state index in [4.69, 9.17) is 11.6 Å². The van der Waals surface area contributed by atoms with Gasteiger partial charge in [0.15, 0.2) is 5.78 Å². The predicted molar refractivity (Wildman–Crippen MR) is 77.7 cm³/mol. The van der Waals surface area contributed by atoms with Crippen molar-refractivity contribution in [3.63, 3.8) is 0 Å². The van der Waals surface area contributed by atoms with Gasteiger partial charge in [-0.2, -0.15) is 0 Å². The van der Waals surface area contributed by atoms with Crippen LogP contribution in [0.3, 0.4) is 0 Å². The summed E-state index contributed by atoms with van der Waals surface area (Å²) in [7, 11) is 0. The van der Waals surface area contributed by atoms with Crippen LogP contribution in [0.15, 0.2) is 42.5 Å². The molecule has 0 atom stereocenters. The maximum absolute atomic E-state index is 11.9. The normalized spacial score (nSPS) is 10.7. The van der Waals surface area contributed by atoms with Crippen LogP contribution >= 0.6 is 11.6 Å². The summed E-state index contributed by atoms with van der Waals surface area (Å²) in [5.41, 5.74) is 2.42. The number of Topliss-reactive ketones (excluding diaryl/α,β-unsaturated/α-hetero) is 1. The average Bonchev–Trinajstić information content (AvgIpc) is 2.38. The van der Waals surface area contributed by atoms with Gasteiger partial charge in [0.25, 0.3) is 0 Å². The number of rotatable bonds is 3. The van der Waals surface area contributed by atoms with Gasteiger partial charge in [0.2, 0.25) is 0 Å². The summed E-state index contributed by atoms with van der Waals surface area (Å²) in [4.78, 5) is 11.9. The Morgan fingerprint density at radius 1 is 1.05 bits per heavy atom. The second kappa shape index (κ2) is 5.45. The molecule has 0 unspecified atom stereocenters. The first-order valence-corrected chi connectivity index (χ1v) is 6.50. The van der Waals surface area contributed by atoms with Crippen molar-refractivity contribution in [3.05, 3.63) is 53.1 Å². The van der Waals surface area contributed by atoms with Crippen molar-refractivity contribution in [2.24, 2.45) is 5.92 Å². The zero-order valence-electron chi connectivity index (χ0n) is 10.9. The molecule has 0 radical (unpaired) electrons. The summed E-state index contributed by atoms with van der Waals surface area (Å²) in [5, 5.41) is 9.73. The highest BCUT2D eigenvalue weighted by Gasteiger charge is 2.14. The molecule has 0 aliphatic heterocycles. The van der Waals surface area contributed by atoms with E-state index >= 15 is 0 Å². The third kappa shape index (κ3) is 2.96. The number of ketones is 1. The molecule has 0 aromatic heterocycles. The minimum Gasteiger partial charge on any atom is -0.508 e. The van der Waals surface area contributed by atoms with E-state index in [9.17, 15) is 9.90 Å². The fraction of sp³-hybridized carbons (Fsp3) is 0.188. The van der Waals surface area contributed by atoms with E-state index in [0.717, 1.165) is 11.1 Å². The minimum absolute atomic E-state index is 0.0438. The van der Waals surface area contributed by atoms with Crippen LogP contribution in [-0.2, 0) is 0 Å². The number of aromatic hydroxyl groups is 1. The lowest BCUT2D eigenvalue weighted by Crippen LogP contribution is -2.07. The summed E-state index contributed by atoms with van der Waals surface area (Å²) in [6.07, 6.45) is 0. The maximum atomic E-state index is 11.9. The van der Waals surface area contributed by atoms with Crippen molar-refractivity contribution in [3.8, 4) is 16.9 Å². The van der Waals surface area contributed by atoms with E-state index < -0.39 is 0 Å². The molecule has 19 heavy (non-hydrogen) atoms. The molecule has 0 fully saturated rings. The predicted octanol–water partition coefficient (Wildman–Crippen LogP) is 4.55. The van der Waals surface area contributed by atoms with Crippen LogP contribution in [0.25, 0.3) is 11.1 Å². The number of carbonyl (C=O) groups is 1. The van der Waals surface area contributed by atoms with Crippen LogP contribution in [0.5, 0.6) is 5.75 Å². The van der Waals surface area contributed by atoms with Gasteiger partial charge in [-0.3, -0.25) is 4.79 Å². The maximum Gasteiger partial charge on any atom is 0.166 e. The molecule has 2 nitrogen and oxygen atoms in total. The van der Waals surface area contributed by atoms with Gasteiger partial charge in [-0.25, -0.2) is 0 Å². The van der Waals surface area contributed by atoms with Crippen molar-refractivity contribution in [2.45, 2.75) is 13.8 Å². The van der Waals surface area contributed by atoms with Crippen LogP contribution in [0, 0.1) is 5.92 Å². The molecule has 0 aliphatic rings. The first-order valence-electron chi connectivity index (χ1n) is 6.12. The Bertz CT molecular complexity index is 601. The summed E-state index contributed by atoms with van der Waals surface area (Å²) in [5.74, 6) is 0.195. The third-order valence-electron chi connectivity index (χ3n) is 2.96. The van der Waals surface area contributed by atoms with Gasteiger partial charge in [-0.15, -0.1) is 0 Å². The minimum atomic E-state index is -0.0722. The number of phenols is 1. The summed E-state index contributed by atoms with van der Waals surface area (Å²) < 4.78 is 0. The Balaban J connectivity index is 2.39. The zero-order chi connectivity index (χ0) is 14.0. The lowest BCUT2D eigenvalue weighted by atomic mass is 9.98. The van der Waals surface area contributed by atoms with Gasteiger partial charge < -0.3 is 5.11 Å². The first kappa shape index (κ1) is 13.6. The molecule has 0 aliphatic carbocycles. The van der Waals surface area contributed by atoms with E-state index in [0.29, 0.717) is 10.6 Å². The molecule has 2 aromatic rings. The molecule has 0 heterocycles. The smallest absolute Gasteiger partial charge is 0.166 e. The largest absolute Gasteiger partial charge is 0.508 e. The SMILES string of the molecule is CC(C)C(=O)c1ccc(-c2ccc(O)cc2)cc1Cl. The van der Waals surface area contributed by atoms with Gasteiger partial charge in [0.1, 0.15) is 5.75 Å². The molecule has 3 heteroatoms. The molecule has 2 aromatic carbocycles. The molecule has 0 spiro atoms. The van der Waals surface area contributed by atoms with Crippen molar-refractivity contribution in [1.29, 1.82) is 0 Å². The van der Waals surface area contributed by atoms with Crippen LogP contribution in [-0.4, -0.2) is 10.9 Å². The van der Waals surface area contributed by atoms with Crippen molar-refractivity contribution in [2.75, 3.05) is 0 Å². The number of benzene rings is 2. The van der Waals surface area contributed by atoms with Gasteiger partial charge in [-0.1, -0.05) is 43.6 Å². The molecule has 98 valence electrons. The topological polar surface area (TPSA) is 37.3 Å². The van der Waals surface area contributed by atoms with Crippen LogP contribution in [0.1, 0.15) is 24.2 Å². The van der Waals surface area contributed by atoms with E-state index in [1.165, 1.54) is 0 Å². The average molecular weight is 275 g/mol. The zero-order valence-corrected chi connectivity index (χ0v) is 11.6. The van der Waals surface area contributed by atoms with E-state index in [2.05, 4.69) is 0 Å². The van der Waals surface area contributed by atoms with Crippen molar-refractivity contribution >= 4 is 17.4 Å². The number of hydrogen-bond donors (Lipinski definition) is 1. The molecule has 0 saturated heterocycles. The molecule has 2 rings (SSSR count). The third-order valence-corrected chi connectivity index (χ3v) is 3.27. The second-order valence-electron chi connectivity index (χ2n) is 4.76. The van der Waals surface area contributed by atoms with E-state index in [1.807, 2.05) is 32.0 Å². The number of phenolic OH excluding ortho intramolecular Hbond substituents is 1. The quantitative estimate of drug-likeness (QED) is 0.834. The Morgan fingerprint density at radius 3 is 2.16 bits per heavy atom. The molecule has 0 saturated carbocycles. The first-order chi connectivity index (χ1) is 8.99. The highest BCUT2D eigenvalue weighted by Crippen LogP contribution is 2.28. The summed E-state index contributed by atoms with van der Waals surface area (Å²) in [6, 6.07) is 12.3. The second-order valence-corrected chi connectivity index (χ2v) is 5.17. The van der Waals surface area contributed by atoms with Crippen LogP contribution in [0.4, 0.5) is 0 Å². The monoisotopic (exact) mass is 274 g/mol. The Hall–Kier alpha value is -1.80. The number of hydrogen-bond acceptors (Lipinski definition) is 2. The lowest BCUT2D eigenvalue weighted by Gasteiger charge is -2.09. The van der Waals surface area contributed by atoms with Crippen LogP contribution < -0.4 is 0 Å². The van der Waals surface area contributed by atoms with Crippen molar-refractivity contribution < 1.29 is 9.90 Å². The van der Waals surface area contributed by atoms with Gasteiger partial charge in [-0.05, 0) is 35.4 Å². The fourth-order valence-corrected chi connectivity index (χ4v) is 2.13. The number of halogens is 1. The molecule has 1 N–H and O–H groups in total. The van der Waals surface area contributed by atoms with Crippen molar-refractivity contribution in [1.82, 2.24) is 0 Å². The van der Waals surface area contributed by atoms with Crippen LogP contribution in [0.2, 0.25) is 5.02 Å². The molecular weight excluding hydrogens is 260 g/mol. The molecule has 0 amide bonds. The van der Waals surface area contributed by atoms with Gasteiger partial charge in [0.05, 0.1) is 5.02 Å². The molecule has 0 bridgehead atoms. The van der Waals surface area contributed by atoms with E-state index in [1.54, 1.807) is 24.3 Å². The van der Waals surface area contributed by atoms with E-state index in [-0.39, 0.29) is 17.5 Å². The Morgan fingerprint density at radius 2 is 1.63 bits per heavy atom. The highest BCUT2D eigenvalue weighted by molar-refractivity contribution is 6.34. The highest BCUT2D eigenvalue weighted by atomic mass is 35.5. The summed E-state index contributed by atoms with van der Waals surface area (Å²) in [6.45, 7) is 3.71.